The van der Waals surface area contributed by atoms with Gasteiger partial charge in [0.05, 0.1) is 0 Å². The molecule has 142 valence electrons. The van der Waals surface area contributed by atoms with E-state index in [1.165, 1.54) is 5.56 Å². The summed E-state index contributed by atoms with van der Waals surface area (Å²) in [6.07, 6.45) is 0. The monoisotopic (exact) mass is 367 g/mol. The summed E-state index contributed by atoms with van der Waals surface area (Å²) in [5.41, 5.74) is 2.18. The molecule has 0 spiro atoms. The van der Waals surface area contributed by atoms with Gasteiger partial charge in [-0.2, -0.15) is 0 Å². The topological polar surface area (TPSA) is 54.0 Å². The van der Waals surface area contributed by atoms with Crippen LogP contribution in [0.1, 0.15) is 12.5 Å². The fourth-order valence-corrected chi connectivity index (χ4v) is 3.54. The molecular weight excluding hydrogens is 342 g/mol. The minimum absolute atomic E-state index is 0.132. The molecule has 27 heavy (non-hydrogen) atoms. The summed E-state index contributed by atoms with van der Waals surface area (Å²) in [6.45, 7) is 6.42. The third-order valence-corrected chi connectivity index (χ3v) is 5.06. The minimum atomic E-state index is -0.286. The number of rotatable bonds is 5. The highest BCUT2D eigenvalue weighted by molar-refractivity contribution is 5.84. The van der Waals surface area contributed by atoms with Crippen LogP contribution in [0.5, 0.6) is 11.5 Å². The lowest BCUT2D eigenvalue weighted by molar-refractivity contribution is -0.133. The Morgan fingerprint density at radius 3 is 2.56 bits per heavy atom. The van der Waals surface area contributed by atoms with Crippen LogP contribution >= 0.6 is 0 Å². The van der Waals surface area contributed by atoms with Crippen molar-refractivity contribution in [2.24, 2.45) is 0 Å². The van der Waals surface area contributed by atoms with Gasteiger partial charge in [-0.25, -0.2) is 0 Å². The SMILES string of the molecule is C[C@H](Nc1ccc2c(c1)OCO2)C(=O)N1CCN(Cc2ccccc2)CC1. The first kappa shape index (κ1) is 17.7. The molecule has 2 aliphatic rings. The molecule has 6 heteroatoms. The lowest BCUT2D eigenvalue weighted by Gasteiger charge is -2.36. The Balaban J connectivity index is 1.28. The van der Waals surface area contributed by atoms with E-state index >= 15 is 0 Å². The number of carbonyl (C=O) groups excluding carboxylic acids is 1. The molecule has 1 amide bonds. The molecule has 0 bridgehead atoms. The smallest absolute Gasteiger partial charge is 0.244 e. The van der Waals surface area contributed by atoms with Crippen molar-refractivity contribution in [1.82, 2.24) is 9.80 Å². The number of hydrogen-bond donors (Lipinski definition) is 1. The summed E-state index contributed by atoms with van der Waals surface area (Å²) < 4.78 is 10.7. The van der Waals surface area contributed by atoms with Crippen LogP contribution in [0.3, 0.4) is 0 Å². The molecule has 0 aliphatic carbocycles. The molecule has 0 radical (unpaired) electrons. The van der Waals surface area contributed by atoms with Gasteiger partial charge in [0.1, 0.15) is 6.04 Å². The Labute approximate surface area is 159 Å². The predicted molar refractivity (Wildman–Crippen MR) is 104 cm³/mol. The number of carbonyl (C=O) groups is 1. The average Bonchev–Trinajstić information content (AvgIpc) is 3.16. The van der Waals surface area contributed by atoms with Crippen LogP contribution in [-0.4, -0.2) is 54.7 Å². The van der Waals surface area contributed by atoms with E-state index in [1.54, 1.807) is 0 Å². The lowest BCUT2D eigenvalue weighted by Crippen LogP contribution is -2.51. The lowest BCUT2D eigenvalue weighted by atomic mass is 10.2. The largest absolute Gasteiger partial charge is 0.454 e. The van der Waals surface area contributed by atoms with Gasteiger partial charge in [-0.15, -0.1) is 0 Å². The standard InChI is InChI=1S/C21H25N3O3/c1-16(22-18-7-8-19-20(13-18)27-15-26-19)21(25)24-11-9-23(10-12-24)14-17-5-3-2-4-6-17/h2-8,13,16,22H,9-12,14-15H2,1H3/t16-/m0/s1. The van der Waals surface area contributed by atoms with Crippen LogP contribution < -0.4 is 14.8 Å². The molecule has 2 aromatic rings. The Hall–Kier alpha value is -2.73. The zero-order valence-electron chi connectivity index (χ0n) is 15.6. The number of nitrogens with one attached hydrogen (secondary N) is 1. The Morgan fingerprint density at radius 1 is 1.04 bits per heavy atom. The van der Waals surface area contributed by atoms with Gasteiger partial charge in [-0.3, -0.25) is 9.69 Å². The molecule has 4 rings (SSSR count). The Morgan fingerprint density at radius 2 is 1.78 bits per heavy atom. The zero-order valence-corrected chi connectivity index (χ0v) is 15.6. The van der Waals surface area contributed by atoms with Crippen LogP contribution in [0, 0.1) is 0 Å². The van der Waals surface area contributed by atoms with Crippen molar-refractivity contribution in [3.05, 3.63) is 54.1 Å². The van der Waals surface area contributed by atoms with Crippen molar-refractivity contribution >= 4 is 11.6 Å². The summed E-state index contributed by atoms with van der Waals surface area (Å²) >= 11 is 0. The van der Waals surface area contributed by atoms with Crippen molar-refractivity contribution in [2.75, 3.05) is 38.3 Å². The Bertz CT molecular complexity index is 789. The van der Waals surface area contributed by atoms with E-state index in [2.05, 4.69) is 34.5 Å². The summed E-state index contributed by atoms with van der Waals surface area (Å²) in [6, 6.07) is 15.8. The summed E-state index contributed by atoms with van der Waals surface area (Å²) in [7, 11) is 0. The van der Waals surface area contributed by atoms with E-state index in [0.717, 1.165) is 44.2 Å². The maximum Gasteiger partial charge on any atom is 0.244 e. The van der Waals surface area contributed by atoms with E-state index < -0.39 is 0 Å². The van der Waals surface area contributed by atoms with Crippen LogP contribution in [0.25, 0.3) is 0 Å². The fraction of sp³-hybridized carbons (Fsp3) is 0.381. The zero-order chi connectivity index (χ0) is 18.6. The molecule has 0 unspecified atom stereocenters. The number of hydrogen-bond acceptors (Lipinski definition) is 5. The van der Waals surface area contributed by atoms with Crippen LogP contribution in [-0.2, 0) is 11.3 Å². The second-order valence-corrected chi connectivity index (χ2v) is 7.02. The van der Waals surface area contributed by atoms with Crippen molar-refractivity contribution in [1.29, 1.82) is 0 Å². The molecule has 6 nitrogen and oxygen atoms in total. The molecule has 1 fully saturated rings. The first-order valence-electron chi connectivity index (χ1n) is 9.40. The van der Waals surface area contributed by atoms with Gasteiger partial charge in [0.25, 0.3) is 0 Å². The third-order valence-electron chi connectivity index (χ3n) is 5.06. The van der Waals surface area contributed by atoms with E-state index in [0.29, 0.717) is 5.75 Å². The van der Waals surface area contributed by atoms with Crippen LogP contribution in [0.15, 0.2) is 48.5 Å². The number of fused-ring (bicyclic) bond motifs is 1. The number of amides is 1. The van der Waals surface area contributed by atoms with Gasteiger partial charge in [0, 0.05) is 44.5 Å². The maximum atomic E-state index is 12.8. The molecular formula is C21H25N3O3. The predicted octanol–water partition coefficient (Wildman–Crippen LogP) is 2.56. The van der Waals surface area contributed by atoms with E-state index in [4.69, 9.17) is 9.47 Å². The number of ether oxygens (including phenoxy) is 2. The number of anilines is 1. The molecule has 1 atom stereocenters. The van der Waals surface area contributed by atoms with Gasteiger partial charge in [0.2, 0.25) is 12.7 Å². The van der Waals surface area contributed by atoms with Crippen molar-refractivity contribution in [2.45, 2.75) is 19.5 Å². The van der Waals surface area contributed by atoms with Gasteiger partial charge in [0.15, 0.2) is 11.5 Å². The minimum Gasteiger partial charge on any atom is -0.454 e. The molecule has 2 heterocycles. The highest BCUT2D eigenvalue weighted by Crippen LogP contribution is 2.34. The second kappa shape index (κ2) is 7.88. The number of nitrogens with zero attached hydrogens (tertiary/aromatic N) is 2. The number of benzene rings is 2. The molecule has 0 aromatic heterocycles. The first-order valence-corrected chi connectivity index (χ1v) is 9.40. The summed E-state index contributed by atoms with van der Waals surface area (Å²) in [5.74, 6) is 1.59. The van der Waals surface area contributed by atoms with Gasteiger partial charge in [-0.05, 0) is 24.6 Å². The highest BCUT2D eigenvalue weighted by atomic mass is 16.7. The molecule has 2 aliphatic heterocycles. The van der Waals surface area contributed by atoms with Crippen molar-refractivity contribution < 1.29 is 14.3 Å². The summed E-state index contributed by atoms with van der Waals surface area (Å²) in [4.78, 5) is 17.1. The van der Waals surface area contributed by atoms with E-state index in [1.807, 2.05) is 36.1 Å². The Kier molecular flexibility index (Phi) is 5.16. The van der Waals surface area contributed by atoms with Gasteiger partial charge < -0.3 is 19.7 Å². The van der Waals surface area contributed by atoms with Crippen LogP contribution in [0.4, 0.5) is 5.69 Å². The second-order valence-electron chi connectivity index (χ2n) is 7.02. The van der Waals surface area contributed by atoms with Crippen molar-refractivity contribution in [3.63, 3.8) is 0 Å². The third kappa shape index (κ3) is 4.17. The highest BCUT2D eigenvalue weighted by Gasteiger charge is 2.25. The van der Waals surface area contributed by atoms with E-state index in [-0.39, 0.29) is 18.7 Å². The van der Waals surface area contributed by atoms with Gasteiger partial charge >= 0.3 is 0 Å². The summed E-state index contributed by atoms with van der Waals surface area (Å²) in [5, 5.41) is 3.28. The molecule has 1 N–H and O–H groups in total. The average molecular weight is 367 g/mol. The fourth-order valence-electron chi connectivity index (χ4n) is 3.54. The number of piperazine rings is 1. The molecule has 2 aromatic carbocycles. The first-order chi connectivity index (χ1) is 13.2. The quantitative estimate of drug-likeness (QED) is 0.880. The van der Waals surface area contributed by atoms with E-state index in [9.17, 15) is 4.79 Å². The van der Waals surface area contributed by atoms with Crippen LogP contribution in [0.2, 0.25) is 0 Å². The van der Waals surface area contributed by atoms with Gasteiger partial charge in [-0.1, -0.05) is 30.3 Å². The van der Waals surface area contributed by atoms with Crippen molar-refractivity contribution in [3.8, 4) is 11.5 Å². The molecule has 0 saturated carbocycles. The molecule has 1 saturated heterocycles. The maximum absolute atomic E-state index is 12.8. The normalized spacial score (nSPS) is 17.6.